The first kappa shape index (κ1) is 6.26. The number of amides is 1. The number of likely N-dealkylation sites (tertiary alicyclic amines) is 1. The Kier molecular flexibility index (Phi) is 1.82. The summed E-state index contributed by atoms with van der Waals surface area (Å²) in [4.78, 5) is 21.7. The molecule has 3 nitrogen and oxygen atoms in total. The molecule has 0 aromatic rings. The van der Waals surface area contributed by atoms with Crippen LogP contribution in [0.3, 0.4) is 0 Å². The third-order valence-corrected chi connectivity index (χ3v) is 1.57. The normalized spacial score (nSPS) is 26.2. The Bertz CT molecular complexity index is 110. The maximum Gasteiger partial charge on any atom is 0.222 e. The summed E-state index contributed by atoms with van der Waals surface area (Å²) in [7, 11) is 0. The quantitative estimate of drug-likeness (QED) is 0.477. The average molecular weight is 126 g/mol. The topological polar surface area (TPSA) is 37.4 Å². The van der Waals surface area contributed by atoms with Crippen molar-refractivity contribution >= 4 is 12.7 Å². The van der Waals surface area contributed by atoms with E-state index < -0.39 is 0 Å². The number of hydrogen-bond acceptors (Lipinski definition) is 2. The largest absolute Gasteiger partial charge is 0.335 e. The fourth-order valence-electron chi connectivity index (χ4n) is 1.04. The zero-order valence-corrected chi connectivity index (χ0v) is 5.04. The highest BCUT2D eigenvalue weighted by molar-refractivity contribution is 5.65. The zero-order valence-electron chi connectivity index (χ0n) is 5.04. The molecule has 0 saturated carbocycles. The Morgan fingerprint density at radius 2 is 2.44 bits per heavy atom. The summed E-state index contributed by atoms with van der Waals surface area (Å²) in [5.74, 6) is 0. The van der Waals surface area contributed by atoms with Gasteiger partial charge in [0.2, 0.25) is 12.7 Å². The molecule has 1 saturated heterocycles. The minimum absolute atomic E-state index is 0.262. The second-order valence-electron chi connectivity index (χ2n) is 2.12. The molecular weight excluding hydrogens is 118 g/mol. The lowest BCUT2D eigenvalue weighted by molar-refractivity contribution is -0.117. The van der Waals surface area contributed by atoms with E-state index in [-0.39, 0.29) is 6.04 Å². The van der Waals surface area contributed by atoms with Gasteiger partial charge in [0, 0.05) is 6.54 Å². The van der Waals surface area contributed by atoms with Crippen LogP contribution >= 0.6 is 0 Å². The van der Waals surface area contributed by atoms with Crippen molar-refractivity contribution in [2.24, 2.45) is 0 Å². The lowest BCUT2D eigenvalue weighted by Gasteiger charge is -2.11. The van der Waals surface area contributed by atoms with E-state index in [1.165, 1.54) is 4.90 Å². The van der Waals surface area contributed by atoms with Gasteiger partial charge in [-0.15, -0.1) is 0 Å². The molecule has 0 spiro atoms. The summed E-state index contributed by atoms with van der Waals surface area (Å²) in [5.41, 5.74) is 0. The SMILES string of the molecule is O=[C]C1CCCN1C=O. The molecule has 1 atom stereocenters. The number of nitrogens with zero attached hydrogens (tertiary/aromatic N) is 1. The number of hydrogen-bond donors (Lipinski definition) is 0. The van der Waals surface area contributed by atoms with Crippen molar-refractivity contribution in [3.63, 3.8) is 0 Å². The Hall–Kier alpha value is -0.860. The molecule has 1 unspecified atom stereocenters. The monoisotopic (exact) mass is 126 g/mol. The van der Waals surface area contributed by atoms with Gasteiger partial charge >= 0.3 is 0 Å². The van der Waals surface area contributed by atoms with Gasteiger partial charge in [0.15, 0.2) is 0 Å². The molecule has 1 heterocycles. The van der Waals surface area contributed by atoms with Gasteiger partial charge in [-0.2, -0.15) is 0 Å². The van der Waals surface area contributed by atoms with E-state index in [2.05, 4.69) is 0 Å². The van der Waals surface area contributed by atoms with Crippen molar-refractivity contribution in [2.45, 2.75) is 18.9 Å². The Morgan fingerprint density at radius 3 is 2.89 bits per heavy atom. The summed E-state index contributed by atoms with van der Waals surface area (Å²) in [6, 6.07) is -0.262. The third-order valence-electron chi connectivity index (χ3n) is 1.57. The summed E-state index contributed by atoms with van der Waals surface area (Å²) in [6.45, 7) is 0.712. The summed E-state index contributed by atoms with van der Waals surface area (Å²) in [6.07, 6.45) is 4.23. The third kappa shape index (κ3) is 1.09. The lowest BCUT2D eigenvalue weighted by atomic mass is 10.2. The van der Waals surface area contributed by atoms with Crippen LogP contribution in [0.4, 0.5) is 0 Å². The molecule has 1 fully saturated rings. The first-order valence-corrected chi connectivity index (χ1v) is 2.97. The maximum atomic E-state index is 10.1. The minimum atomic E-state index is -0.262. The molecule has 0 aliphatic carbocycles. The van der Waals surface area contributed by atoms with Gasteiger partial charge in [0.25, 0.3) is 0 Å². The predicted octanol–water partition coefficient (Wildman–Crippen LogP) is -0.283. The van der Waals surface area contributed by atoms with Crippen molar-refractivity contribution < 1.29 is 9.59 Å². The van der Waals surface area contributed by atoms with Gasteiger partial charge < -0.3 is 4.90 Å². The maximum absolute atomic E-state index is 10.1. The number of carbonyl (C=O) groups excluding carboxylic acids is 2. The molecule has 49 valence electrons. The van der Waals surface area contributed by atoms with Crippen LogP contribution in [0.15, 0.2) is 0 Å². The highest BCUT2D eigenvalue weighted by Crippen LogP contribution is 2.11. The Balaban J connectivity index is 2.50. The van der Waals surface area contributed by atoms with Crippen molar-refractivity contribution in [3.05, 3.63) is 0 Å². The Labute approximate surface area is 53.6 Å². The van der Waals surface area contributed by atoms with E-state index in [9.17, 15) is 9.59 Å². The molecule has 1 radical (unpaired) electrons. The fraction of sp³-hybridized carbons (Fsp3) is 0.667. The first-order valence-electron chi connectivity index (χ1n) is 2.97. The zero-order chi connectivity index (χ0) is 6.69. The average Bonchev–Trinajstić information content (AvgIpc) is 2.33. The number of carbonyl (C=O) groups is 1. The number of rotatable bonds is 2. The van der Waals surface area contributed by atoms with Gasteiger partial charge in [-0.1, -0.05) is 0 Å². The van der Waals surface area contributed by atoms with Crippen LogP contribution in [-0.2, 0) is 9.59 Å². The van der Waals surface area contributed by atoms with E-state index in [4.69, 9.17) is 0 Å². The summed E-state index contributed by atoms with van der Waals surface area (Å²) < 4.78 is 0. The van der Waals surface area contributed by atoms with Gasteiger partial charge in [0.05, 0.1) is 6.04 Å². The molecule has 0 aromatic carbocycles. The van der Waals surface area contributed by atoms with Crippen LogP contribution in [0.25, 0.3) is 0 Å². The van der Waals surface area contributed by atoms with E-state index in [0.717, 1.165) is 12.8 Å². The van der Waals surface area contributed by atoms with E-state index in [0.29, 0.717) is 13.0 Å². The van der Waals surface area contributed by atoms with Gasteiger partial charge in [-0.25, -0.2) is 0 Å². The molecule has 1 rings (SSSR count). The highest BCUT2D eigenvalue weighted by Gasteiger charge is 2.22. The lowest BCUT2D eigenvalue weighted by Crippen LogP contribution is -2.28. The molecule has 1 amide bonds. The molecular formula is C6H8NO2. The molecule has 0 N–H and O–H groups in total. The van der Waals surface area contributed by atoms with Crippen molar-refractivity contribution in [2.75, 3.05) is 6.54 Å². The van der Waals surface area contributed by atoms with Crippen LogP contribution in [0, 0.1) is 0 Å². The second kappa shape index (κ2) is 2.62. The van der Waals surface area contributed by atoms with E-state index in [1.807, 2.05) is 6.29 Å². The fourth-order valence-corrected chi connectivity index (χ4v) is 1.04. The Morgan fingerprint density at radius 1 is 1.67 bits per heavy atom. The van der Waals surface area contributed by atoms with Crippen LogP contribution in [0.1, 0.15) is 12.8 Å². The molecule has 0 aromatic heterocycles. The molecule has 1 aliphatic heterocycles. The highest BCUT2D eigenvalue weighted by atomic mass is 16.1. The molecule has 9 heavy (non-hydrogen) atoms. The summed E-state index contributed by atoms with van der Waals surface area (Å²) in [5, 5.41) is 0. The van der Waals surface area contributed by atoms with Crippen molar-refractivity contribution in [1.82, 2.24) is 4.90 Å². The molecule has 0 bridgehead atoms. The van der Waals surface area contributed by atoms with E-state index in [1.54, 1.807) is 0 Å². The van der Waals surface area contributed by atoms with Crippen LogP contribution in [0.2, 0.25) is 0 Å². The first-order chi connectivity index (χ1) is 4.38. The minimum Gasteiger partial charge on any atom is -0.335 e. The predicted molar refractivity (Wildman–Crippen MR) is 31.5 cm³/mol. The smallest absolute Gasteiger partial charge is 0.222 e. The second-order valence-corrected chi connectivity index (χ2v) is 2.12. The van der Waals surface area contributed by atoms with E-state index >= 15 is 0 Å². The van der Waals surface area contributed by atoms with Gasteiger partial charge in [0.1, 0.15) is 0 Å². The van der Waals surface area contributed by atoms with Gasteiger partial charge in [-0.3, -0.25) is 9.59 Å². The van der Waals surface area contributed by atoms with Crippen LogP contribution < -0.4 is 0 Å². The summed E-state index contributed by atoms with van der Waals surface area (Å²) >= 11 is 0. The molecule has 3 heteroatoms. The molecule has 1 aliphatic rings. The van der Waals surface area contributed by atoms with Gasteiger partial charge in [-0.05, 0) is 12.8 Å². The van der Waals surface area contributed by atoms with Crippen LogP contribution in [-0.4, -0.2) is 30.2 Å². The van der Waals surface area contributed by atoms with Crippen molar-refractivity contribution in [1.29, 1.82) is 0 Å². The van der Waals surface area contributed by atoms with Crippen molar-refractivity contribution in [3.8, 4) is 0 Å². The van der Waals surface area contributed by atoms with Crippen LogP contribution in [0.5, 0.6) is 0 Å². The standard InChI is InChI=1S/C6H8NO2/c8-4-6-2-1-3-7(6)5-9/h5-6H,1-3H2.